The molecule has 2 aromatic carbocycles. The van der Waals surface area contributed by atoms with Crippen molar-refractivity contribution < 1.29 is 9.13 Å². The van der Waals surface area contributed by atoms with Gasteiger partial charge >= 0.3 is 0 Å². The fourth-order valence-corrected chi connectivity index (χ4v) is 2.77. The molecular formula is C16H17BrFNO. The Balaban J connectivity index is 2.50. The van der Waals surface area contributed by atoms with Crippen LogP contribution in [0.15, 0.2) is 46.9 Å². The maximum absolute atomic E-state index is 14.2. The molecule has 0 aliphatic heterocycles. The molecule has 0 amide bonds. The summed E-state index contributed by atoms with van der Waals surface area (Å²) in [6.07, 6.45) is 0. The van der Waals surface area contributed by atoms with Gasteiger partial charge in [-0.25, -0.2) is 4.39 Å². The van der Waals surface area contributed by atoms with E-state index in [-0.39, 0.29) is 11.9 Å². The first kappa shape index (κ1) is 15.0. The molecule has 2 rings (SSSR count). The van der Waals surface area contributed by atoms with Gasteiger partial charge in [-0.3, -0.25) is 0 Å². The Morgan fingerprint density at radius 1 is 1.25 bits per heavy atom. The topological polar surface area (TPSA) is 21.3 Å². The third-order valence-electron chi connectivity index (χ3n) is 3.12. The summed E-state index contributed by atoms with van der Waals surface area (Å²) in [6.45, 7) is 2.74. The third kappa shape index (κ3) is 3.19. The minimum Gasteiger partial charge on any atom is -0.497 e. The lowest BCUT2D eigenvalue weighted by Gasteiger charge is -2.21. The van der Waals surface area contributed by atoms with Gasteiger partial charge in [0, 0.05) is 10.0 Å². The highest BCUT2D eigenvalue weighted by Crippen LogP contribution is 2.32. The van der Waals surface area contributed by atoms with Crippen LogP contribution in [-0.4, -0.2) is 13.7 Å². The van der Waals surface area contributed by atoms with Crippen molar-refractivity contribution in [3.63, 3.8) is 0 Å². The van der Waals surface area contributed by atoms with Crippen molar-refractivity contribution in [3.8, 4) is 5.75 Å². The van der Waals surface area contributed by atoms with Crippen molar-refractivity contribution >= 4 is 15.9 Å². The van der Waals surface area contributed by atoms with Gasteiger partial charge in [0.2, 0.25) is 0 Å². The van der Waals surface area contributed by atoms with E-state index in [0.717, 1.165) is 22.3 Å². The Bertz CT molecular complexity index is 568. The minimum absolute atomic E-state index is 0.217. The van der Waals surface area contributed by atoms with Crippen molar-refractivity contribution in [1.29, 1.82) is 0 Å². The predicted molar refractivity (Wildman–Crippen MR) is 82.6 cm³/mol. The van der Waals surface area contributed by atoms with Crippen LogP contribution < -0.4 is 10.1 Å². The van der Waals surface area contributed by atoms with Gasteiger partial charge in [0.1, 0.15) is 11.6 Å². The summed E-state index contributed by atoms with van der Waals surface area (Å²) in [7, 11) is 1.63. The molecule has 1 unspecified atom stereocenters. The fourth-order valence-electron chi connectivity index (χ4n) is 2.20. The van der Waals surface area contributed by atoms with Crippen LogP contribution in [0.25, 0.3) is 0 Å². The first-order chi connectivity index (χ1) is 9.67. The van der Waals surface area contributed by atoms with Gasteiger partial charge < -0.3 is 10.1 Å². The predicted octanol–water partition coefficient (Wildman–Crippen LogP) is 4.30. The van der Waals surface area contributed by atoms with Crippen LogP contribution in [0.2, 0.25) is 0 Å². The van der Waals surface area contributed by atoms with E-state index in [1.807, 2.05) is 37.3 Å². The van der Waals surface area contributed by atoms with E-state index in [1.165, 1.54) is 6.07 Å². The number of halogens is 2. The molecule has 0 fully saturated rings. The highest BCUT2D eigenvalue weighted by atomic mass is 79.9. The molecular weight excluding hydrogens is 321 g/mol. The first-order valence-electron chi connectivity index (χ1n) is 6.48. The van der Waals surface area contributed by atoms with Crippen LogP contribution in [0.4, 0.5) is 4.39 Å². The number of methoxy groups -OCH3 is 1. The second-order valence-corrected chi connectivity index (χ2v) is 5.26. The van der Waals surface area contributed by atoms with Crippen LogP contribution >= 0.6 is 15.9 Å². The van der Waals surface area contributed by atoms with Crippen molar-refractivity contribution in [2.24, 2.45) is 0 Å². The molecule has 0 aromatic heterocycles. The zero-order valence-electron chi connectivity index (χ0n) is 11.5. The summed E-state index contributed by atoms with van der Waals surface area (Å²) in [4.78, 5) is 0. The minimum atomic E-state index is -0.229. The zero-order chi connectivity index (χ0) is 14.5. The molecule has 0 saturated heterocycles. The Hall–Kier alpha value is -1.39. The van der Waals surface area contributed by atoms with E-state index < -0.39 is 0 Å². The largest absolute Gasteiger partial charge is 0.497 e. The second kappa shape index (κ2) is 6.86. The Morgan fingerprint density at radius 2 is 2.00 bits per heavy atom. The summed E-state index contributed by atoms with van der Waals surface area (Å²) < 4.78 is 20.2. The molecule has 0 saturated carbocycles. The molecule has 0 radical (unpaired) electrons. The Kier molecular flexibility index (Phi) is 5.15. The van der Waals surface area contributed by atoms with E-state index in [1.54, 1.807) is 13.2 Å². The zero-order valence-corrected chi connectivity index (χ0v) is 13.1. The summed E-state index contributed by atoms with van der Waals surface area (Å²) in [5, 5.41) is 3.32. The Morgan fingerprint density at radius 3 is 2.65 bits per heavy atom. The molecule has 2 nitrogen and oxygen atoms in total. The van der Waals surface area contributed by atoms with Crippen molar-refractivity contribution in [3.05, 3.63) is 63.9 Å². The number of ether oxygens (including phenoxy) is 1. The van der Waals surface area contributed by atoms with Crippen LogP contribution in [0, 0.1) is 5.82 Å². The fraction of sp³-hybridized carbons (Fsp3) is 0.250. The van der Waals surface area contributed by atoms with Gasteiger partial charge in [-0.05, 0) is 36.4 Å². The average molecular weight is 338 g/mol. The van der Waals surface area contributed by atoms with E-state index >= 15 is 0 Å². The van der Waals surface area contributed by atoms with Gasteiger partial charge in [-0.1, -0.05) is 41.1 Å². The summed E-state index contributed by atoms with van der Waals surface area (Å²) in [5.41, 5.74) is 1.58. The lowest BCUT2D eigenvalue weighted by atomic mass is 9.98. The van der Waals surface area contributed by atoms with E-state index in [2.05, 4.69) is 21.2 Å². The lowest BCUT2D eigenvalue weighted by Crippen LogP contribution is -2.23. The molecule has 0 heterocycles. The number of rotatable bonds is 5. The highest BCUT2D eigenvalue weighted by molar-refractivity contribution is 9.10. The first-order valence-corrected chi connectivity index (χ1v) is 7.28. The van der Waals surface area contributed by atoms with Crippen LogP contribution in [-0.2, 0) is 0 Å². The molecule has 1 N–H and O–H groups in total. The Labute approximate surface area is 127 Å². The molecule has 20 heavy (non-hydrogen) atoms. The van der Waals surface area contributed by atoms with Crippen LogP contribution in [0.1, 0.15) is 24.1 Å². The molecule has 0 bridgehead atoms. The standard InChI is InChI=1S/C16H17BrFNO/c1-3-19-16(11-6-4-7-12(10-11)20-2)15-13(17)8-5-9-14(15)18/h4-10,16,19H,3H2,1-2H3. The average Bonchev–Trinajstić information content (AvgIpc) is 2.46. The number of hydrogen-bond donors (Lipinski definition) is 1. The molecule has 4 heteroatoms. The van der Waals surface area contributed by atoms with Crippen LogP contribution in [0.5, 0.6) is 5.75 Å². The van der Waals surface area contributed by atoms with Gasteiger partial charge in [0.15, 0.2) is 0 Å². The third-order valence-corrected chi connectivity index (χ3v) is 3.82. The van der Waals surface area contributed by atoms with Crippen LogP contribution in [0.3, 0.4) is 0 Å². The molecule has 2 aromatic rings. The van der Waals surface area contributed by atoms with Gasteiger partial charge in [0.05, 0.1) is 13.2 Å². The lowest BCUT2D eigenvalue weighted by molar-refractivity contribution is 0.413. The van der Waals surface area contributed by atoms with Crippen molar-refractivity contribution in [2.75, 3.05) is 13.7 Å². The highest BCUT2D eigenvalue weighted by Gasteiger charge is 2.20. The molecule has 0 aliphatic rings. The normalized spacial score (nSPS) is 12.2. The van der Waals surface area contributed by atoms with E-state index in [9.17, 15) is 4.39 Å². The second-order valence-electron chi connectivity index (χ2n) is 4.40. The monoisotopic (exact) mass is 337 g/mol. The van der Waals surface area contributed by atoms with Gasteiger partial charge in [0.25, 0.3) is 0 Å². The smallest absolute Gasteiger partial charge is 0.129 e. The van der Waals surface area contributed by atoms with E-state index in [0.29, 0.717) is 5.56 Å². The maximum Gasteiger partial charge on any atom is 0.129 e. The van der Waals surface area contributed by atoms with Crippen molar-refractivity contribution in [1.82, 2.24) is 5.32 Å². The summed E-state index contributed by atoms with van der Waals surface area (Å²) in [5.74, 6) is 0.533. The quantitative estimate of drug-likeness (QED) is 0.878. The SMILES string of the molecule is CCNC(c1cccc(OC)c1)c1c(F)cccc1Br. The molecule has 0 spiro atoms. The van der Waals surface area contributed by atoms with E-state index in [4.69, 9.17) is 4.74 Å². The number of benzene rings is 2. The van der Waals surface area contributed by atoms with Crippen molar-refractivity contribution in [2.45, 2.75) is 13.0 Å². The number of nitrogens with one attached hydrogen (secondary N) is 1. The van der Waals surface area contributed by atoms with Gasteiger partial charge in [-0.2, -0.15) is 0 Å². The number of hydrogen-bond acceptors (Lipinski definition) is 2. The molecule has 1 atom stereocenters. The summed E-state index contributed by atoms with van der Waals surface area (Å²) >= 11 is 3.44. The molecule has 106 valence electrons. The maximum atomic E-state index is 14.2. The van der Waals surface area contributed by atoms with Gasteiger partial charge in [-0.15, -0.1) is 0 Å². The molecule has 0 aliphatic carbocycles. The summed E-state index contributed by atoms with van der Waals surface area (Å²) in [6, 6.07) is 12.5.